The molecule has 7 heteroatoms. The lowest BCUT2D eigenvalue weighted by Crippen LogP contribution is -2.54. The minimum atomic E-state index is -0.386. The van der Waals surface area contributed by atoms with Gasteiger partial charge in [-0.25, -0.2) is 0 Å². The van der Waals surface area contributed by atoms with E-state index in [0.29, 0.717) is 36.4 Å². The van der Waals surface area contributed by atoms with Crippen molar-refractivity contribution in [1.29, 1.82) is 0 Å². The topological polar surface area (TPSA) is 73.9 Å². The van der Waals surface area contributed by atoms with Gasteiger partial charge in [-0.3, -0.25) is 14.5 Å². The van der Waals surface area contributed by atoms with Crippen molar-refractivity contribution >= 4 is 17.5 Å². The summed E-state index contributed by atoms with van der Waals surface area (Å²) >= 11 is 0. The van der Waals surface area contributed by atoms with Crippen LogP contribution in [0.3, 0.4) is 0 Å². The van der Waals surface area contributed by atoms with Gasteiger partial charge in [0.25, 0.3) is 11.8 Å². The second-order valence-electron chi connectivity index (χ2n) is 8.43. The maximum Gasteiger partial charge on any atom is 0.253 e. The molecule has 0 spiro atoms. The zero-order valence-corrected chi connectivity index (χ0v) is 17.8. The number of piperazine rings is 1. The van der Waals surface area contributed by atoms with Crippen molar-refractivity contribution in [3.05, 3.63) is 29.8 Å². The highest BCUT2D eigenvalue weighted by Crippen LogP contribution is 2.17. The van der Waals surface area contributed by atoms with Crippen LogP contribution in [0, 0.1) is 5.92 Å². The number of rotatable bonds is 7. The Morgan fingerprint density at radius 2 is 1.97 bits per heavy atom. The number of nitrogens with one attached hydrogen (secondary N) is 2. The minimum absolute atomic E-state index is 0.113. The molecule has 3 rings (SSSR count). The van der Waals surface area contributed by atoms with E-state index >= 15 is 0 Å². The molecule has 2 unspecified atom stereocenters. The summed E-state index contributed by atoms with van der Waals surface area (Å²) in [5, 5.41) is 5.95. The smallest absolute Gasteiger partial charge is 0.253 e. The van der Waals surface area contributed by atoms with E-state index in [0.717, 1.165) is 39.0 Å². The number of hydrogen-bond acceptors (Lipinski definition) is 5. The summed E-state index contributed by atoms with van der Waals surface area (Å²) < 4.78 is 5.42. The van der Waals surface area contributed by atoms with Gasteiger partial charge in [0, 0.05) is 56.6 Å². The zero-order valence-electron chi connectivity index (χ0n) is 17.8. The summed E-state index contributed by atoms with van der Waals surface area (Å²) in [4.78, 5) is 29.8. The average molecular weight is 403 g/mol. The predicted molar refractivity (Wildman–Crippen MR) is 114 cm³/mol. The summed E-state index contributed by atoms with van der Waals surface area (Å²) in [7, 11) is 2.15. The fourth-order valence-corrected chi connectivity index (χ4v) is 3.98. The first-order valence-electron chi connectivity index (χ1n) is 10.7. The Morgan fingerprint density at radius 3 is 2.62 bits per heavy atom. The van der Waals surface area contributed by atoms with Gasteiger partial charge in [0.15, 0.2) is 0 Å². The van der Waals surface area contributed by atoms with Crippen LogP contribution in [0.25, 0.3) is 0 Å². The van der Waals surface area contributed by atoms with Gasteiger partial charge in [-0.15, -0.1) is 0 Å². The molecule has 29 heavy (non-hydrogen) atoms. The van der Waals surface area contributed by atoms with Crippen molar-refractivity contribution in [2.75, 3.05) is 51.7 Å². The van der Waals surface area contributed by atoms with Crippen molar-refractivity contribution < 1.29 is 14.3 Å². The molecule has 7 nitrogen and oxygen atoms in total. The third kappa shape index (κ3) is 6.01. The third-order valence-corrected chi connectivity index (χ3v) is 5.86. The molecule has 1 aromatic rings. The molecule has 2 aliphatic rings. The quantitative estimate of drug-likeness (QED) is 0.728. The number of amides is 2. The monoisotopic (exact) mass is 402 g/mol. The highest BCUT2D eigenvalue weighted by Gasteiger charge is 2.26. The van der Waals surface area contributed by atoms with Crippen molar-refractivity contribution in [3.8, 4) is 0 Å². The zero-order chi connectivity index (χ0) is 20.8. The van der Waals surface area contributed by atoms with E-state index in [-0.39, 0.29) is 17.9 Å². The maximum absolute atomic E-state index is 12.7. The predicted octanol–water partition coefficient (Wildman–Crippen LogP) is 1.81. The second-order valence-corrected chi connectivity index (χ2v) is 8.43. The van der Waals surface area contributed by atoms with Crippen LogP contribution in [0.1, 0.15) is 37.0 Å². The van der Waals surface area contributed by atoms with Crippen molar-refractivity contribution in [2.45, 2.75) is 38.8 Å². The number of benzene rings is 1. The van der Waals surface area contributed by atoms with E-state index in [4.69, 9.17) is 4.74 Å². The van der Waals surface area contributed by atoms with Crippen LogP contribution >= 0.6 is 0 Å². The molecule has 2 heterocycles. The number of carbonyl (C=O) groups is 2. The average Bonchev–Trinajstić information content (AvgIpc) is 3.24. The third-order valence-electron chi connectivity index (χ3n) is 5.86. The normalized spacial score (nSPS) is 21.9. The minimum Gasteiger partial charge on any atom is -0.368 e. The Kier molecular flexibility index (Phi) is 7.64. The number of carbonyl (C=O) groups excluding carboxylic acids is 2. The van der Waals surface area contributed by atoms with Gasteiger partial charge in [0.05, 0.1) is 0 Å². The molecule has 0 aliphatic carbocycles. The molecule has 0 aromatic heterocycles. The van der Waals surface area contributed by atoms with Gasteiger partial charge in [0.2, 0.25) is 0 Å². The van der Waals surface area contributed by atoms with Gasteiger partial charge in [-0.2, -0.15) is 0 Å². The SMILES string of the molecule is CC(C)C(CNC(=O)c1cccc(NC(=O)C2CCCO2)c1)N1CCN(C)CC1. The van der Waals surface area contributed by atoms with Gasteiger partial charge in [0.1, 0.15) is 6.10 Å². The van der Waals surface area contributed by atoms with Crippen molar-refractivity contribution in [3.63, 3.8) is 0 Å². The molecule has 0 saturated carbocycles. The van der Waals surface area contributed by atoms with Crippen molar-refractivity contribution in [2.24, 2.45) is 5.92 Å². The van der Waals surface area contributed by atoms with Crippen LogP contribution in [0.5, 0.6) is 0 Å². The molecule has 2 N–H and O–H groups in total. The second kappa shape index (κ2) is 10.2. The lowest BCUT2D eigenvalue weighted by molar-refractivity contribution is -0.124. The largest absolute Gasteiger partial charge is 0.368 e. The molecular formula is C22H34N4O3. The summed E-state index contributed by atoms with van der Waals surface area (Å²) in [6.07, 6.45) is 1.27. The van der Waals surface area contributed by atoms with E-state index in [2.05, 4.69) is 41.3 Å². The fraction of sp³-hybridized carbons (Fsp3) is 0.636. The molecule has 160 valence electrons. The molecule has 2 atom stereocenters. The summed E-state index contributed by atoms with van der Waals surface area (Å²) in [6, 6.07) is 7.40. The summed E-state index contributed by atoms with van der Waals surface area (Å²) in [5.41, 5.74) is 1.17. The Hall–Kier alpha value is -1.96. The Labute approximate surface area is 173 Å². The van der Waals surface area contributed by atoms with Gasteiger partial charge >= 0.3 is 0 Å². The van der Waals surface area contributed by atoms with Crippen LogP contribution in [0.2, 0.25) is 0 Å². The Bertz CT molecular complexity index is 695. The number of hydrogen-bond donors (Lipinski definition) is 2. The lowest BCUT2D eigenvalue weighted by Gasteiger charge is -2.39. The molecule has 2 saturated heterocycles. The first-order valence-corrected chi connectivity index (χ1v) is 10.7. The molecule has 0 bridgehead atoms. The van der Waals surface area contributed by atoms with E-state index < -0.39 is 0 Å². The van der Waals surface area contributed by atoms with Crippen LogP contribution in [0.4, 0.5) is 5.69 Å². The first-order chi connectivity index (χ1) is 13.9. The van der Waals surface area contributed by atoms with Crippen molar-refractivity contribution in [1.82, 2.24) is 15.1 Å². The number of likely N-dealkylation sites (N-methyl/N-ethyl adjacent to an activating group) is 1. The van der Waals surface area contributed by atoms with E-state index in [1.807, 2.05) is 0 Å². The molecule has 2 fully saturated rings. The van der Waals surface area contributed by atoms with Crippen LogP contribution in [-0.4, -0.2) is 80.1 Å². The van der Waals surface area contributed by atoms with Crippen LogP contribution in [-0.2, 0) is 9.53 Å². The standard InChI is InChI=1S/C22H34N4O3/c1-16(2)19(26-11-9-25(3)10-12-26)15-23-21(27)17-6-4-7-18(14-17)24-22(28)20-8-5-13-29-20/h4,6-7,14,16,19-20H,5,8-13,15H2,1-3H3,(H,23,27)(H,24,28). The highest BCUT2D eigenvalue weighted by molar-refractivity contribution is 5.98. The molecular weight excluding hydrogens is 368 g/mol. The van der Waals surface area contributed by atoms with E-state index in [1.165, 1.54) is 0 Å². The fourth-order valence-electron chi connectivity index (χ4n) is 3.98. The number of ether oxygens (including phenoxy) is 1. The maximum atomic E-state index is 12.7. The molecule has 2 amide bonds. The van der Waals surface area contributed by atoms with Crippen LogP contribution < -0.4 is 10.6 Å². The molecule has 0 radical (unpaired) electrons. The van der Waals surface area contributed by atoms with Gasteiger partial charge in [-0.05, 0) is 44.0 Å². The lowest BCUT2D eigenvalue weighted by atomic mass is 10.0. The Morgan fingerprint density at radius 1 is 1.21 bits per heavy atom. The Balaban J connectivity index is 1.56. The van der Waals surface area contributed by atoms with Gasteiger partial charge in [-0.1, -0.05) is 19.9 Å². The summed E-state index contributed by atoms with van der Waals surface area (Å²) in [5.74, 6) is 0.198. The van der Waals surface area contributed by atoms with E-state index in [9.17, 15) is 9.59 Å². The molecule has 1 aromatic carbocycles. The number of anilines is 1. The molecule has 2 aliphatic heterocycles. The van der Waals surface area contributed by atoms with E-state index in [1.54, 1.807) is 24.3 Å². The highest BCUT2D eigenvalue weighted by atomic mass is 16.5. The summed E-state index contributed by atoms with van der Waals surface area (Å²) in [6.45, 7) is 9.83. The van der Waals surface area contributed by atoms with Crippen LogP contribution in [0.15, 0.2) is 24.3 Å². The number of nitrogens with zero attached hydrogens (tertiary/aromatic N) is 2. The van der Waals surface area contributed by atoms with Gasteiger partial charge < -0.3 is 20.3 Å². The first kappa shape index (κ1) is 21.7.